The highest BCUT2D eigenvalue weighted by molar-refractivity contribution is 4.78. The van der Waals surface area contributed by atoms with Gasteiger partial charge in [-0.25, -0.2) is 0 Å². The van der Waals surface area contributed by atoms with E-state index in [1.165, 1.54) is 13.0 Å². The van der Waals surface area contributed by atoms with Crippen molar-refractivity contribution in [3.8, 4) is 0 Å². The van der Waals surface area contributed by atoms with Crippen LogP contribution in [0.1, 0.15) is 6.42 Å². The van der Waals surface area contributed by atoms with Gasteiger partial charge >= 0.3 is 0 Å². The molecule has 0 aromatic heterocycles. The number of hydrogen-bond acceptors (Lipinski definition) is 1. The molecular weight excluding hydrogens is 62.1 g/mol. The summed E-state index contributed by atoms with van der Waals surface area (Å²) in [5.74, 6) is 0. The minimum Gasteiger partial charge on any atom is -0.314 e. The first-order valence-electron chi connectivity index (χ1n) is 1.96. The molecule has 1 radical (unpaired) electrons. The molecule has 29 valence electrons. The van der Waals surface area contributed by atoms with Crippen molar-refractivity contribution in [1.82, 2.24) is 5.32 Å². The molecule has 1 aliphatic heterocycles. The van der Waals surface area contributed by atoms with Crippen molar-refractivity contribution in [2.24, 2.45) is 0 Å². The van der Waals surface area contributed by atoms with Crippen molar-refractivity contribution in [1.29, 1.82) is 0 Å². The predicted octanol–water partition coefficient (Wildman–Crippen LogP) is 0.182. The van der Waals surface area contributed by atoms with E-state index in [0.717, 1.165) is 0 Å². The van der Waals surface area contributed by atoms with E-state index in [0.29, 0.717) is 6.04 Å². The second-order valence-electron chi connectivity index (χ2n) is 1.44. The fourth-order valence-electron chi connectivity index (χ4n) is 0.348. The van der Waals surface area contributed by atoms with Crippen LogP contribution in [0.3, 0.4) is 0 Å². The van der Waals surface area contributed by atoms with Gasteiger partial charge < -0.3 is 5.32 Å². The molecule has 1 heteroatoms. The Labute approximate surface area is 32.4 Å². The molecule has 0 spiro atoms. The van der Waals surface area contributed by atoms with Gasteiger partial charge in [-0.15, -0.1) is 0 Å². The summed E-state index contributed by atoms with van der Waals surface area (Å²) in [6.45, 7) is 4.91. The van der Waals surface area contributed by atoms with Gasteiger partial charge in [0.1, 0.15) is 0 Å². The standard InChI is InChI=1S/C4H8N/c1-4-2-3-5-4/h4-5H,1-3H2. The average Bonchev–Trinajstić information content (AvgIpc) is 1.30. The third-order valence-corrected chi connectivity index (χ3v) is 0.926. The lowest BCUT2D eigenvalue weighted by Gasteiger charge is -2.22. The first-order chi connectivity index (χ1) is 2.39. The maximum atomic E-state index is 3.73. The summed E-state index contributed by atoms with van der Waals surface area (Å²) < 4.78 is 0. The normalized spacial score (nSPS) is 36.6. The Hall–Kier alpha value is -0.0400. The van der Waals surface area contributed by atoms with Crippen LogP contribution in [0.5, 0.6) is 0 Å². The zero-order valence-electron chi connectivity index (χ0n) is 3.20. The highest BCUT2D eigenvalue weighted by atomic mass is 15.0. The van der Waals surface area contributed by atoms with Crippen molar-refractivity contribution in [2.75, 3.05) is 6.54 Å². The maximum absolute atomic E-state index is 3.73. The van der Waals surface area contributed by atoms with Crippen LogP contribution in [0.4, 0.5) is 0 Å². The van der Waals surface area contributed by atoms with Crippen LogP contribution >= 0.6 is 0 Å². The largest absolute Gasteiger partial charge is 0.314 e. The van der Waals surface area contributed by atoms with Crippen molar-refractivity contribution in [3.05, 3.63) is 6.92 Å². The van der Waals surface area contributed by atoms with Crippen molar-refractivity contribution >= 4 is 0 Å². The van der Waals surface area contributed by atoms with E-state index >= 15 is 0 Å². The van der Waals surface area contributed by atoms with Crippen LogP contribution < -0.4 is 5.32 Å². The fourth-order valence-corrected chi connectivity index (χ4v) is 0.348. The van der Waals surface area contributed by atoms with E-state index in [1.807, 2.05) is 0 Å². The summed E-state index contributed by atoms with van der Waals surface area (Å²) in [5.41, 5.74) is 0. The maximum Gasteiger partial charge on any atom is 0.00797 e. The van der Waals surface area contributed by atoms with Gasteiger partial charge in [-0.2, -0.15) is 0 Å². The molecular formula is C4H8N. The monoisotopic (exact) mass is 70.1 g/mol. The van der Waals surface area contributed by atoms with Crippen LogP contribution in [0.25, 0.3) is 0 Å². The Kier molecular flexibility index (Phi) is 0.618. The second-order valence-corrected chi connectivity index (χ2v) is 1.44. The van der Waals surface area contributed by atoms with E-state index in [2.05, 4.69) is 12.2 Å². The third kappa shape index (κ3) is 0.428. The smallest absolute Gasteiger partial charge is 0.00797 e. The quantitative estimate of drug-likeness (QED) is 0.429. The van der Waals surface area contributed by atoms with Gasteiger partial charge in [0.2, 0.25) is 0 Å². The number of nitrogens with one attached hydrogen (secondary N) is 1. The van der Waals surface area contributed by atoms with Gasteiger partial charge in [-0.05, 0) is 19.9 Å². The molecule has 1 atom stereocenters. The summed E-state index contributed by atoms with van der Waals surface area (Å²) in [4.78, 5) is 0. The molecule has 0 aromatic rings. The molecule has 1 heterocycles. The molecule has 1 saturated heterocycles. The van der Waals surface area contributed by atoms with Gasteiger partial charge in [0, 0.05) is 6.04 Å². The van der Waals surface area contributed by atoms with Gasteiger partial charge in [-0.1, -0.05) is 0 Å². The summed E-state index contributed by atoms with van der Waals surface area (Å²) in [6, 6.07) is 0.565. The molecule has 0 bridgehead atoms. The van der Waals surface area contributed by atoms with Crippen LogP contribution in [0.2, 0.25) is 0 Å². The minimum atomic E-state index is 0.565. The molecule has 0 amide bonds. The third-order valence-electron chi connectivity index (χ3n) is 0.926. The van der Waals surface area contributed by atoms with Crippen LogP contribution in [-0.2, 0) is 0 Å². The lowest BCUT2D eigenvalue weighted by atomic mass is 10.1. The topological polar surface area (TPSA) is 12.0 Å². The molecule has 1 N–H and O–H groups in total. The van der Waals surface area contributed by atoms with Crippen LogP contribution in [0.15, 0.2) is 0 Å². The lowest BCUT2D eigenvalue weighted by molar-refractivity contribution is 0.434. The van der Waals surface area contributed by atoms with Crippen molar-refractivity contribution < 1.29 is 0 Å². The van der Waals surface area contributed by atoms with E-state index in [9.17, 15) is 0 Å². The average molecular weight is 70.1 g/mol. The number of rotatable bonds is 0. The molecule has 1 nitrogen and oxygen atoms in total. The van der Waals surface area contributed by atoms with Gasteiger partial charge in [0.05, 0.1) is 0 Å². The zero-order valence-corrected chi connectivity index (χ0v) is 3.20. The molecule has 5 heavy (non-hydrogen) atoms. The molecule has 1 unspecified atom stereocenters. The Morgan fingerprint density at radius 3 is 2.20 bits per heavy atom. The first-order valence-corrected chi connectivity index (χ1v) is 1.96. The molecule has 0 aliphatic carbocycles. The van der Waals surface area contributed by atoms with E-state index in [-0.39, 0.29) is 0 Å². The number of hydrogen-bond donors (Lipinski definition) is 1. The van der Waals surface area contributed by atoms with Crippen LogP contribution in [0, 0.1) is 6.92 Å². The summed E-state index contributed by atoms with van der Waals surface area (Å²) >= 11 is 0. The highest BCUT2D eigenvalue weighted by Crippen LogP contribution is 1.96. The predicted molar refractivity (Wildman–Crippen MR) is 21.8 cm³/mol. The fraction of sp³-hybridized carbons (Fsp3) is 0.750. The van der Waals surface area contributed by atoms with E-state index in [4.69, 9.17) is 0 Å². The van der Waals surface area contributed by atoms with Crippen molar-refractivity contribution in [2.45, 2.75) is 12.5 Å². The Morgan fingerprint density at radius 1 is 1.80 bits per heavy atom. The summed E-state index contributed by atoms with van der Waals surface area (Å²) in [5, 5.41) is 3.10. The minimum absolute atomic E-state index is 0.565. The molecule has 1 aliphatic rings. The van der Waals surface area contributed by atoms with E-state index < -0.39 is 0 Å². The molecule has 1 rings (SSSR count). The molecule has 1 fully saturated rings. The van der Waals surface area contributed by atoms with E-state index in [1.54, 1.807) is 0 Å². The summed E-state index contributed by atoms with van der Waals surface area (Å²) in [6.07, 6.45) is 1.26. The molecule has 0 saturated carbocycles. The van der Waals surface area contributed by atoms with Gasteiger partial charge in [-0.3, -0.25) is 0 Å². The summed E-state index contributed by atoms with van der Waals surface area (Å²) in [7, 11) is 0. The highest BCUT2D eigenvalue weighted by Gasteiger charge is 2.07. The Balaban J connectivity index is 2.08. The van der Waals surface area contributed by atoms with Crippen molar-refractivity contribution in [3.63, 3.8) is 0 Å². The Bertz CT molecular complexity index is 30.6. The molecule has 0 aromatic carbocycles. The lowest BCUT2D eigenvalue weighted by Crippen LogP contribution is -2.40. The first kappa shape index (κ1) is 3.16. The van der Waals surface area contributed by atoms with Gasteiger partial charge in [0.15, 0.2) is 0 Å². The SMILES string of the molecule is [CH2]C1CCN1. The zero-order chi connectivity index (χ0) is 3.70. The van der Waals surface area contributed by atoms with Gasteiger partial charge in [0.25, 0.3) is 0 Å². The van der Waals surface area contributed by atoms with Crippen LogP contribution in [-0.4, -0.2) is 12.6 Å². The second kappa shape index (κ2) is 0.977. The Morgan fingerprint density at radius 2 is 2.20 bits per heavy atom.